The fourth-order valence-electron chi connectivity index (χ4n) is 4.66. The van der Waals surface area contributed by atoms with Gasteiger partial charge in [0.25, 0.3) is 0 Å². The third-order valence-electron chi connectivity index (χ3n) is 6.72. The van der Waals surface area contributed by atoms with Crippen LogP contribution in [0, 0.1) is 0 Å². The zero-order chi connectivity index (χ0) is 22.5. The molecule has 0 spiro atoms. The van der Waals surface area contributed by atoms with E-state index in [1.54, 1.807) is 12.1 Å². The van der Waals surface area contributed by atoms with Crippen molar-refractivity contribution in [3.63, 3.8) is 0 Å². The van der Waals surface area contributed by atoms with Crippen LogP contribution in [0.5, 0.6) is 11.5 Å². The summed E-state index contributed by atoms with van der Waals surface area (Å²) in [6, 6.07) is 14.2. The third kappa shape index (κ3) is 5.54. The van der Waals surface area contributed by atoms with Crippen molar-refractivity contribution in [3.8, 4) is 11.5 Å². The van der Waals surface area contributed by atoms with Crippen LogP contribution >= 0.6 is 0 Å². The maximum Gasteiger partial charge on any atom is 0.322 e. The number of amides is 2. The van der Waals surface area contributed by atoms with Crippen molar-refractivity contribution >= 4 is 11.7 Å². The molecule has 0 unspecified atom stereocenters. The van der Waals surface area contributed by atoms with Gasteiger partial charge in [-0.1, -0.05) is 43.5 Å². The van der Waals surface area contributed by atoms with E-state index in [0.29, 0.717) is 18.3 Å². The Hall–Kier alpha value is -2.73. The van der Waals surface area contributed by atoms with Gasteiger partial charge in [-0.05, 0) is 62.1 Å². The minimum atomic E-state index is -0.0766. The smallest absolute Gasteiger partial charge is 0.322 e. The lowest BCUT2D eigenvalue weighted by Gasteiger charge is -2.32. The van der Waals surface area contributed by atoms with Crippen molar-refractivity contribution in [1.82, 2.24) is 9.80 Å². The van der Waals surface area contributed by atoms with E-state index in [1.165, 1.54) is 39.2 Å². The second kappa shape index (κ2) is 10.3. The average Bonchev–Trinajstić information content (AvgIpc) is 3.65. The largest absolute Gasteiger partial charge is 0.504 e. The van der Waals surface area contributed by atoms with Crippen LogP contribution in [0.4, 0.5) is 10.5 Å². The molecule has 2 aromatic carbocycles. The summed E-state index contributed by atoms with van der Waals surface area (Å²) in [5, 5.41) is 13.0. The highest BCUT2D eigenvalue weighted by molar-refractivity contribution is 5.90. The molecule has 2 amide bonds. The van der Waals surface area contributed by atoms with Crippen molar-refractivity contribution in [2.75, 3.05) is 19.5 Å². The molecular formula is C26H35N3O3. The number of nitrogens with one attached hydrogen (secondary N) is 1. The number of hydrogen-bond donors (Lipinski definition) is 2. The Morgan fingerprint density at radius 3 is 2.50 bits per heavy atom. The van der Waals surface area contributed by atoms with Crippen LogP contribution in [-0.2, 0) is 13.1 Å². The lowest BCUT2D eigenvalue weighted by atomic mass is 9.94. The number of carbonyl (C=O) groups is 1. The SMILES string of the molecule is COc1cc(CN(C(=O)Nc2ccccc2CN(C)C2CCCCC2)C2CC2)ccc1O. The maximum absolute atomic E-state index is 13.3. The van der Waals surface area contributed by atoms with Gasteiger partial charge in [-0.2, -0.15) is 0 Å². The molecule has 0 saturated heterocycles. The lowest BCUT2D eigenvalue weighted by molar-refractivity contribution is 0.184. The zero-order valence-corrected chi connectivity index (χ0v) is 19.2. The van der Waals surface area contributed by atoms with Crippen molar-refractivity contribution in [2.24, 2.45) is 0 Å². The molecule has 0 bridgehead atoms. The molecule has 32 heavy (non-hydrogen) atoms. The average molecular weight is 438 g/mol. The van der Waals surface area contributed by atoms with E-state index in [-0.39, 0.29) is 17.8 Å². The number of aromatic hydroxyl groups is 1. The number of urea groups is 1. The topological polar surface area (TPSA) is 65.0 Å². The highest BCUT2D eigenvalue weighted by atomic mass is 16.5. The van der Waals surface area contributed by atoms with Crippen LogP contribution < -0.4 is 10.1 Å². The molecule has 2 N–H and O–H groups in total. The van der Waals surface area contributed by atoms with Crippen molar-refractivity contribution in [2.45, 2.75) is 70.1 Å². The first-order valence-corrected chi connectivity index (χ1v) is 11.8. The van der Waals surface area contributed by atoms with Crippen molar-refractivity contribution in [3.05, 3.63) is 53.6 Å². The Kier molecular flexibility index (Phi) is 7.20. The van der Waals surface area contributed by atoms with Gasteiger partial charge in [-0.25, -0.2) is 4.79 Å². The van der Waals surface area contributed by atoms with E-state index >= 15 is 0 Å². The second-order valence-corrected chi connectivity index (χ2v) is 9.16. The summed E-state index contributed by atoms with van der Waals surface area (Å²) in [6.45, 7) is 1.32. The molecule has 2 aliphatic carbocycles. The fraction of sp³-hybridized carbons (Fsp3) is 0.500. The first kappa shape index (κ1) is 22.5. The number of ether oxygens (including phenoxy) is 1. The minimum Gasteiger partial charge on any atom is -0.504 e. The van der Waals surface area contributed by atoms with Gasteiger partial charge in [0, 0.05) is 30.9 Å². The maximum atomic E-state index is 13.3. The Morgan fingerprint density at radius 2 is 1.78 bits per heavy atom. The van der Waals surface area contributed by atoms with Crippen LogP contribution in [0.2, 0.25) is 0 Å². The summed E-state index contributed by atoms with van der Waals surface area (Å²) in [5.74, 6) is 0.532. The lowest BCUT2D eigenvalue weighted by Crippen LogP contribution is -2.37. The molecule has 0 radical (unpaired) electrons. The molecule has 2 aromatic rings. The van der Waals surface area contributed by atoms with Gasteiger partial charge in [-0.3, -0.25) is 4.90 Å². The monoisotopic (exact) mass is 437 g/mol. The van der Waals surface area contributed by atoms with Crippen molar-refractivity contribution < 1.29 is 14.6 Å². The molecule has 0 atom stereocenters. The second-order valence-electron chi connectivity index (χ2n) is 9.16. The van der Waals surface area contributed by atoms with Gasteiger partial charge in [0.05, 0.1) is 7.11 Å². The van der Waals surface area contributed by atoms with Gasteiger partial charge in [0.1, 0.15) is 0 Å². The number of hydrogen-bond acceptors (Lipinski definition) is 4. The fourth-order valence-corrected chi connectivity index (χ4v) is 4.66. The summed E-state index contributed by atoms with van der Waals surface area (Å²) < 4.78 is 5.23. The van der Waals surface area contributed by atoms with Crippen LogP contribution in [0.1, 0.15) is 56.1 Å². The molecular weight excluding hydrogens is 402 g/mol. The number of carbonyl (C=O) groups excluding carboxylic acids is 1. The Bertz CT molecular complexity index is 922. The number of phenols is 1. The molecule has 0 aromatic heterocycles. The van der Waals surface area contributed by atoms with E-state index in [0.717, 1.165) is 36.2 Å². The van der Waals surface area contributed by atoms with E-state index in [9.17, 15) is 9.90 Å². The highest BCUT2D eigenvalue weighted by Gasteiger charge is 2.33. The molecule has 2 fully saturated rings. The van der Waals surface area contributed by atoms with Crippen LogP contribution in [-0.4, -0.2) is 47.2 Å². The quantitative estimate of drug-likeness (QED) is 0.583. The standard InChI is InChI=1S/C26H35N3O3/c1-28(21-9-4-3-5-10-21)18-20-8-6-7-11-23(20)27-26(31)29(22-13-14-22)17-19-12-15-24(30)25(16-19)32-2/h6-8,11-12,15-16,21-22,30H,3-5,9-10,13-14,17-18H2,1-2H3,(H,27,31). The summed E-state index contributed by atoms with van der Waals surface area (Å²) >= 11 is 0. The molecule has 0 aliphatic heterocycles. The van der Waals surface area contributed by atoms with Gasteiger partial charge in [0.2, 0.25) is 0 Å². The van der Waals surface area contributed by atoms with Crippen molar-refractivity contribution in [1.29, 1.82) is 0 Å². The van der Waals surface area contributed by atoms with Gasteiger partial charge in [0.15, 0.2) is 11.5 Å². The van der Waals surface area contributed by atoms with Crippen LogP contribution in [0.15, 0.2) is 42.5 Å². The molecule has 2 saturated carbocycles. The van der Waals surface area contributed by atoms with E-state index in [1.807, 2.05) is 29.2 Å². The number of phenolic OH excluding ortho intramolecular Hbond substituents is 1. The van der Waals surface area contributed by atoms with E-state index in [2.05, 4.69) is 23.3 Å². The van der Waals surface area contributed by atoms with Gasteiger partial charge < -0.3 is 20.1 Å². The number of para-hydroxylation sites is 1. The molecule has 4 rings (SSSR count). The molecule has 172 valence electrons. The van der Waals surface area contributed by atoms with Gasteiger partial charge >= 0.3 is 6.03 Å². The van der Waals surface area contributed by atoms with E-state index < -0.39 is 0 Å². The summed E-state index contributed by atoms with van der Waals surface area (Å²) in [6.07, 6.45) is 8.54. The number of rotatable bonds is 8. The number of nitrogens with zero attached hydrogens (tertiary/aromatic N) is 2. The summed E-state index contributed by atoms with van der Waals surface area (Å²) in [5.41, 5.74) is 2.97. The van der Waals surface area contributed by atoms with Crippen LogP contribution in [0.3, 0.4) is 0 Å². The zero-order valence-electron chi connectivity index (χ0n) is 19.2. The molecule has 2 aliphatic rings. The van der Waals surface area contributed by atoms with Crippen LogP contribution in [0.25, 0.3) is 0 Å². The number of benzene rings is 2. The van der Waals surface area contributed by atoms with E-state index in [4.69, 9.17) is 4.74 Å². The number of anilines is 1. The molecule has 6 heteroatoms. The minimum absolute atomic E-state index is 0.0766. The molecule has 6 nitrogen and oxygen atoms in total. The van der Waals surface area contributed by atoms with Gasteiger partial charge in [-0.15, -0.1) is 0 Å². The summed E-state index contributed by atoms with van der Waals surface area (Å²) in [7, 11) is 3.73. The Balaban J connectivity index is 1.45. The Morgan fingerprint density at radius 1 is 1.03 bits per heavy atom. The Labute approximate surface area is 191 Å². The first-order valence-electron chi connectivity index (χ1n) is 11.8. The highest BCUT2D eigenvalue weighted by Crippen LogP contribution is 2.32. The normalized spacial score (nSPS) is 16.7. The predicted octanol–water partition coefficient (Wildman–Crippen LogP) is 5.36. The number of methoxy groups -OCH3 is 1. The third-order valence-corrected chi connectivity index (χ3v) is 6.72. The first-order chi connectivity index (χ1) is 15.5. The molecule has 0 heterocycles. The summed E-state index contributed by atoms with van der Waals surface area (Å²) in [4.78, 5) is 17.6. The predicted molar refractivity (Wildman–Crippen MR) is 127 cm³/mol.